The van der Waals surface area contributed by atoms with Crippen molar-refractivity contribution in [2.45, 2.75) is 38.6 Å². The molecule has 1 fully saturated rings. The Hall–Kier alpha value is -3.16. The van der Waals surface area contributed by atoms with Crippen LogP contribution in [-0.4, -0.2) is 52.6 Å². The van der Waals surface area contributed by atoms with E-state index in [-0.39, 0.29) is 23.7 Å². The van der Waals surface area contributed by atoms with Crippen LogP contribution in [-0.2, 0) is 33.7 Å². The summed E-state index contributed by atoms with van der Waals surface area (Å²) in [5, 5.41) is 10.1. The lowest BCUT2D eigenvalue weighted by Crippen LogP contribution is -2.37. The summed E-state index contributed by atoms with van der Waals surface area (Å²) in [7, 11) is 0. The van der Waals surface area contributed by atoms with Crippen LogP contribution in [0.5, 0.6) is 0 Å². The molecule has 2 N–H and O–H groups in total. The monoisotopic (exact) mass is 410 g/mol. The highest BCUT2D eigenvalue weighted by atomic mass is 16.5. The lowest BCUT2D eigenvalue weighted by atomic mass is 10.00. The van der Waals surface area contributed by atoms with Gasteiger partial charge < -0.3 is 15.0 Å². The quantitative estimate of drug-likeness (QED) is 0.675. The molecule has 2 aliphatic heterocycles. The Kier molecular flexibility index (Phi) is 6.11. The number of ether oxygens (including phenoxy) is 1. The van der Waals surface area contributed by atoms with E-state index in [0.717, 1.165) is 17.7 Å². The van der Waals surface area contributed by atoms with Gasteiger partial charge in [0.15, 0.2) is 5.69 Å². The number of carbonyl (C=O) groups excluding carboxylic acids is 3. The molecule has 0 radical (unpaired) electrons. The minimum absolute atomic E-state index is 0.0174. The van der Waals surface area contributed by atoms with Gasteiger partial charge in [-0.1, -0.05) is 30.3 Å². The highest BCUT2D eigenvalue weighted by Gasteiger charge is 2.30. The van der Waals surface area contributed by atoms with E-state index in [1.807, 2.05) is 30.3 Å². The molecule has 158 valence electrons. The van der Waals surface area contributed by atoms with Crippen LogP contribution >= 0.6 is 0 Å². The standard InChI is InChI=1S/C22H26N4O4/c27-19(7-6-16-10-13-30-22(16)29)26-12-9-17-18(14-26)24-25-20(17)21(28)23-11-8-15-4-2-1-3-5-15/h1-5,16H,6-14H2,(H,23,28)(H,24,25). The Morgan fingerprint density at radius 2 is 2.10 bits per heavy atom. The zero-order valence-corrected chi connectivity index (χ0v) is 16.9. The molecule has 0 bridgehead atoms. The number of amides is 2. The molecule has 1 atom stereocenters. The number of esters is 1. The van der Waals surface area contributed by atoms with E-state index in [1.54, 1.807) is 4.90 Å². The Morgan fingerprint density at radius 3 is 2.87 bits per heavy atom. The zero-order valence-electron chi connectivity index (χ0n) is 16.9. The number of rotatable bonds is 7. The molecular weight excluding hydrogens is 384 g/mol. The third kappa shape index (κ3) is 4.53. The van der Waals surface area contributed by atoms with Gasteiger partial charge in [-0.3, -0.25) is 19.5 Å². The third-order valence-corrected chi connectivity index (χ3v) is 5.79. The van der Waals surface area contributed by atoms with Crippen molar-refractivity contribution >= 4 is 17.8 Å². The molecule has 8 heteroatoms. The normalized spacial score (nSPS) is 18.1. The number of benzene rings is 1. The van der Waals surface area contributed by atoms with Crippen molar-refractivity contribution in [2.75, 3.05) is 19.7 Å². The molecule has 1 saturated heterocycles. The van der Waals surface area contributed by atoms with Gasteiger partial charge in [-0.2, -0.15) is 5.10 Å². The van der Waals surface area contributed by atoms with E-state index in [0.29, 0.717) is 57.6 Å². The van der Waals surface area contributed by atoms with Crippen molar-refractivity contribution in [3.63, 3.8) is 0 Å². The van der Waals surface area contributed by atoms with Crippen molar-refractivity contribution in [3.05, 3.63) is 52.8 Å². The minimum Gasteiger partial charge on any atom is -0.465 e. The number of carbonyl (C=O) groups is 3. The number of hydrogen-bond acceptors (Lipinski definition) is 5. The van der Waals surface area contributed by atoms with Crippen molar-refractivity contribution in [2.24, 2.45) is 5.92 Å². The Morgan fingerprint density at radius 1 is 1.27 bits per heavy atom. The summed E-state index contributed by atoms with van der Waals surface area (Å²) in [6, 6.07) is 9.99. The number of nitrogens with zero attached hydrogens (tertiary/aromatic N) is 2. The van der Waals surface area contributed by atoms with Crippen LogP contribution in [0.15, 0.2) is 30.3 Å². The summed E-state index contributed by atoms with van der Waals surface area (Å²) >= 11 is 0. The second-order valence-electron chi connectivity index (χ2n) is 7.78. The molecule has 0 spiro atoms. The van der Waals surface area contributed by atoms with Crippen LogP contribution in [0.1, 0.15) is 46.6 Å². The van der Waals surface area contributed by atoms with E-state index in [2.05, 4.69) is 15.5 Å². The average Bonchev–Trinajstić information content (AvgIpc) is 3.38. The molecule has 8 nitrogen and oxygen atoms in total. The molecule has 1 unspecified atom stereocenters. The van der Waals surface area contributed by atoms with Crippen molar-refractivity contribution in [3.8, 4) is 0 Å². The smallest absolute Gasteiger partial charge is 0.309 e. The maximum Gasteiger partial charge on any atom is 0.309 e. The number of nitrogens with one attached hydrogen (secondary N) is 2. The van der Waals surface area contributed by atoms with Gasteiger partial charge in [0.05, 0.1) is 24.8 Å². The molecule has 0 aliphatic carbocycles. The fraction of sp³-hybridized carbons (Fsp3) is 0.455. The number of aromatic amines is 1. The molecule has 2 aliphatic rings. The van der Waals surface area contributed by atoms with Gasteiger partial charge >= 0.3 is 5.97 Å². The fourth-order valence-corrected chi connectivity index (χ4v) is 4.02. The predicted molar refractivity (Wildman–Crippen MR) is 108 cm³/mol. The van der Waals surface area contributed by atoms with E-state index < -0.39 is 0 Å². The fourth-order valence-electron chi connectivity index (χ4n) is 4.02. The molecule has 3 heterocycles. The maximum absolute atomic E-state index is 12.5. The number of cyclic esters (lactones) is 1. The molecule has 1 aromatic carbocycles. The first-order chi connectivity index (χ1) is 14.6. The van der Waals surface area contributed by atoms with Crippen LogP contribution in [0.3, 0.4) is 0 Å². The topological polar surface area (TPSA) is 104 Å². The molecule has 30 heavy (non-hydrogen) atoms. The van der Waals surface area contributed by atoms with Crippen molar-refractivity contribution in [1.29, 1.82) is 0 Å². The van der Waals surface area contributed by atoms with E-state index in [4.69, 9.17) is 4.74 Å². The largest absolute Gasteiger partial charge is 0.465 e. The van der Waals surface area contributed by atoms with E-state index in [1.165, 1.54) is 5.56 Å². The summed E-state index contributed by atoms with van der Waals surface area (Å²) < 4.78 is 4.95. The summed E-state index contributed by atoms with van der Waals surface area (Å²) in [5.41, 5.74) is 3.28. The van der Waals surface area contributed by atoms with E-state index in [9.17, 15) is 14.4 Å². The summed E-state index contributed by atoms with van der Waals surface area (Å²) in [6.45, 7) is 1.95. The second-order valence-corrected chi connectivity index (χ2v) is 7.78. The summed E-state index contributed by atoms with van der Waals surface area (Å²) in [6.07, 6.45) is 2.90. The highest BCUT2D eigenvalue weighted by molar-refractivity contribution is 5.94. The molecule has 2 aromatic rings. The zero-order chi connectivity index (χ0) is 20.9. The highest BCUT2D eigenvalue weighted by Crippen LogP contribution is 2.23. The first kappa shape index (κ1) is 20.1. The minimum atomic E-state index is -0.194. The van der Waals surface area contributed by atoms with Crippen molar-refractivity contribution < 1.29 is 19.1 Å². The second kappa shape index (κ2) is 9.11. The van der Waals surface area contributed by atoms with Gasteiger partial charge in [-0.25, -0.2) is 0 Å². The van der Waals surface area contributed by atoms with Gasteiger partial charge in [0.1, 0.15) is 0 Å². The molecule has 0 saturated carbocycles. The maximum atomic E-state index is 12.5. The molecular formula is C22H26N4O4. The summed E-state index contributed by atoms with van der Waals surface area (Å²) in [4.78, 5) is 38.4. The van der Waals surface area contributed by atoms with Crippen molar-refractivity contribution in [1.82, 2.24) is 20.4 Å². The Bertz CT molecular complexity index is 924. The van der Waals surface area contributed by atoms with Crippen LogP contribution < -0.4 is 5.32 Å². The first-order valence-corrected chi connectivity index (χ1v) is 10.4. The van der Waals surface area contributed by atoms with Crippen LogP contribution in [0, 0.1) is 5.92 Å². The van der Waals surface area contributed by atoms with Gasteiger partial charge in [-0.15, -0.1) is 0 Å². The Balaban J connectivity index is 1.28. The number of fused-ring (bicyclic) bond motifs is 1. The average molecular weight is 410 g/mol. The third-order valence-electron chi connectivity index (χ3n) is 5.79. The SMILES string of the molecule is O=C(NCCc1ccccc1)c1n[nH]c2c1CCN(C(=O)CCC1CCOC1=O)C2. The van der Waals surface area contributed by atoms with Gasteiger partial charge in [-0.05, 0) is 31.2 Å². The van der Waals surface area contributed by atoms with Gasteiger partial charge in [0.2, 0.25) is 5.91 Å². The first-order valence-electron chi connectivity index (χ1n) is 10.4. The van der Waals surface area contributed by atoms with Crippen LogP contribution in [0.25, 0.3) is 0 Å². The molecule has 4 rings (SSSR count). The molecule has 1 aromatic heterocycles. The lowest BCUT2D eigenvalue weighted by molar-refractivity contribution is -0.141. The van der Waals surface area contributed by atoms with E-state index >= 15 is 0 Å². The number of aromatic nitrogens is 2. The van der Waals surface area contributed by atoms with Crippen LogP contribution in [0.2, 0.25) is 0 Å². The number of H-pyrrole nitrogens is 1. The van der Waals surface area contributed by atoms with Gasteiger partial charge in [0, 0.05) is 25.1 Å². The number of hydrogen-bond donors (Lipinski definition) is 2. The Labute approximate surface area is 175 Å². The lowest BCUT2D eigenvalue weighted by Gasteiger charge is -2.27. The predicted octanol–water partition coefficient (Wildman–Crippen LogP) is 1.61. The molecule has 2 amide bonds. The summed E-state index contributed by atoms with van der Waals surface area (Å²) in [5.74, 6) is -0.528. The van der Waals surface area contributed by atoms with Gasteiger partial charge in [0.25, 0.3) is 5.91 Å². The van der Waals surface area contributed by atoms with Crippen LogP contribution in [0.4, 0.5) is 0 Å².